The van der Waals surface area contributed by atoms with Crippen molar-refractivity contribution in [2.24, 2.45) is 0 Å². The molecular formula is C13H16ClN2O2. The molecule has 4 nitrogen and oxygen atoms in total. The van der Waals surface area contributed by atoms with E-state index in [2.05, 4.69) is 5.32 Å². The minimum Gasteiger partial charge on any atom is -0.445 e. The largest absolute Gasteiger partial charge is 0.445 e. The second kappa shape index (κ2) is 6.61. The maximum atomic E-state index is 11.8. The molecule has 0 bridgehead atoms. The minimum atomic E-state index is -0.262. The van der Waals surface area contributed by atoms with Crippen molar-refractivity contribution in [3.05, 3.63) is 34.9 Å². The number of benzene rings is 1. The van der Waals surface area contributed by atoms with Crippen LogP contribution >= 0.6 is 11.6 Å². The summed E-state index contributed by atoms with van der Waals surface area (Å²) in [5, 5.41) is 4.95. The highest BCUT2D eigenvalue weighted by Crippen LogP contribution is 2.11. The van der Waals surface area contributed by atoms with E-state index in [-0.39, 0.29) is 12.7 Å². The van der Waals surface area contributed by atoms with Crippen LogP contribution in [0.1, 0.15) is 12.0 Å². The summed E-state index contributed by atoms with van der Waals surface area (Å²) in [6, 6.07) is 7.28. The van der Waals surface area contributed by atoms with Gasteiger partial charge in [0.15, 0.2) is 0 Å². The molecule has 0 N–H and O–H groups in total. The molecule has 0 aliphatic carbocycles. The second-order valence-corrected chi connectivity index (χ2v) is 4.63. The quantitative estimate of drug-likeness (QED) is 0.825. The zero-order valence-corrected chi connectivity index (χ0v) is 10.9. The van der Waals surface area contributed by atoms with Crippen molar-refractivity contribution in [1.82, 2.24) is 10.2 Å². The molecule has 1 radical (unpaired) electrons. The molecule has 0 saturated carbocycles. The maximum absolute atomic E-state index is 11.8. The summed E-state index contributed by atoms with van der Waals surface area (Å²) in [5.41, 5.74) is 0.937. The molecule has 1 amide bonds. The van der Waals surface area contributed by atoms with E-state index in [4.69, 9.17) is 16.3 Å². The third-order valence-electron chi connectivity index (χ3n) is 2.81. The SMILES string of the molecule is O=C(OCc1ccc(Cl)cc1)N1CCC[N]CC1. The molecule has 5 heteroatoms. The predicted octanol–water partition coefficient (Wildman–Crippen LogP) is 2.29. The Morgan fingerprint density at radius 2 is 2.06 bits per heavy atom. The van der Waals surface area contributed by atoms with E-state index in [0.29, 0.717) is 18.1 Å². The van der Waals surface area contributed by atoms with Crippen LogP contribution in [0.15, 0.2) is 24.3 Å². The first-order chi connectivity index (χ1) is 8.75. The number of rotatable bonds is 2. The minimum absolute atomic E-state index is 0.262. The number of nitrogens with zero attached hydrogens (tertiary/aromatic N) is 2. The van der Waals surface area contributed by atoms with Crippen molar-refractivity contribution in [2.75, 3.05) is 26.2 Å². The summed E-state index contributed by atoms with van der Waals surface area (Å²) >= 11 is 5.79. The Morgan fingerprint density at radius 3 is 2.83 bits per heavy atom. The summed E-state index contributed by atoms with van der Waals surface area (Å²) in [4.78, 5) is 13.5. The number of halogens is 1. The Balaban J connectivity index is 1.81. The molecule has 0 aromatic heterocycles. The third-order valence-corrected chi connectivity index (χ3v) is 3.06. The lowest BCUT2D eigenvalue weighted by Crippen LogP contribution is -2.34. The van der Waals surface area contributed by atoms with E-state index in [1.165, 1.54) is 0 Å². The van der Waals surface area contributed by atoms with Gasteiger partial charge in [0.2, 0.25) is 0 Å². The fourth-order valence-corrected chi connectivity index (χ4v) is 1.91. The van der Waals surface area contributed by atoms with Gasteiger partial charge in [-0.25, -0.2) is 10.1 Å². The molecule has 1 fully saturated rings. The number of amides is 1. The van der Waals surface area contributed by atoms with Crippen LogP contribution in [0.2, 0.25) is 5.02 Å². The van der Waals surface area contributed by atoms with Crippen molar-refractivity contribution in [2.45, 2.75) is 13.0 Å². The van der Waals surface area contributed by atoms with Crippen molar-refractivity contribution >= 4 is 17.7 Å². The van der Waals surface area contributed by atoms with E-state index in [0.717, 1.165) is 25.1 Å². The van der Waals surface area contributed by atoms with Crippen LogP contribution in [-0.4, -0.2) is 37.2 Å². The fourth-order valence-electron chi connectivity index (χ4n) is 1.79. The Morgan fingerprint density at radius 1 is 1.28 bits per heavy atom. The van der Waals surface area contributed by atoms with E-state index in [1.807, 2.05) is 12.1 Å². The Kier molecular flexibility index (Phi) is 4.84. The lowest BCUT2D eigenvalue weighted by Gasteiger charge is -2.19. The average Bonchev–Trinajstić information content (AvgIpc) is 2.66. The molecule has 0 atom stereocenters. The standard InChI is InChI=1S/C13H16ClN2O2/c14-12-4-2-11(3-5-12)10-18-13(17)16-8-1-6-15-7-9-16/h2-5H,1,6-10H2. The second-order valence-electron chi connectivity index (χ2n) is 4.19. The van der Waals surface area contributed by atoms with Gasteiger partial charge in [-0.2, -0.15) is 0 Å². The molecule has 1 heterocycles. The van der Waals surface area contributed by atoms with Gasteiger partial charge in [0.1, 0.15) is 6.61 Å². The lowest BCUT2D eigenvalue weighted by molar-refractivity contribution is 0.0984. The Bertz CT molecular complexity index is 386. The molecule has 0 unspecified atom stereocenters. The van der Waals surface area contributed by atoms with Crippen LogP contribution in [0.3, 0.4) is 0 Å². The molecular weight excluding hydrogens is 252 g/mol. The highest BCUT2D eigenvalue weighted by Gasteiger charge is 2.16. The van der Waals surface area contributed by atoms with Crippen molar-refractivity contribution in [1.29, 1.82) is 0 Å². The van der Waals surface area contributed by atoms with Gasteiger partial charge >= 0.3 is 6.09 Å². The van der Waals surface area contributed by atoms with Crippen LogP contribution in [0.25, 0.3) is 0 Å². The average molecular weight is 268 g/mol. The first-order valence-corrected chi connectivity index (χ1v) is 6.43. The van der Waals surface area contributed by atoms with Crippen LogP contribution in [0.4, 0.5) is 4.79 Å². The normalized spacial score (nSPS) is 16.2. The summed E-state index contributed by atoms with van der Waals surface area (Å²) in [5.74, 6) is 0. The Labute approximate surface area is 112 Å². The number of ether oxygens (including phenoxy) is 1. The highest BCUT2D eigenvalue weighted by atomic mass is 35.5. The third kappa shape index (κ3) is 3.89. The van der Waals surface area contributed by atoms with Gasteiger partial charge in [-0.1, -0.05) is 23.7 Å². The molecule has 1 saturated heterocycles. The first-order valence-electron chi connectivity index (χ1n) is 6.05. The zero-order valence-electron chi connectivity index (χ0n) is 10.1. The van der Waals surface area contributed by atoms with E-state index < -0.39 is 0 Å². The number of carbonyl (C=O) groups is 1. The van der Waals surface area contributed by atoms with Crippen LogP contribution in [-0.2, 0) is 11.3 Å². The smallest absolute Gasteiger partial charge is 0.410 e. The number of carbonyl (C=O) groups excluding carboxylic acids is 1. The van der Waals surface area contributed by atoms with E-state index in [9.17, 15) is 4.79 Å². The molecule has 1 aromatic rings. The molecule has 2 rings (SSSR count). The first kappa shape index (κ1) is 13.2. The zero-order chi connectivity index (χ0) is 12.8. The van der Waals surface area contributed by atoms with Crippen molar-refractivity contribution in [3.63, 3.8) is 0 Å². The summed E-state index contributed by atoms with van der Waals surface area (Å²) in [7, 11) is 0. The van der Waals surface area contributed by atoms with Gasteiger partial charge in [0.05, 0.1) is 0 Å². The Hall–Kier alpha value is -1.26. The van der Waals surface area contributed by atoms with Crippen molar-refractivity contribution < 1.29 is 9.53 Å². The van der Waals surface area contributed by atoms with Crippen LogP contribution in [0, 0.1) is 0 Å². The number of hydrogen-bond acceptors (Lipinski definition) is 2. The molecule has 1 aromatic carbocycles. The molecule has 0 spiro atoms. The highest BCUT2D eigenvalue weighted by molar-refractivity contribution is 6.30. The molecule has 1 aliphatic heterocycles. The van der Waals surface area contributed by atoms with Gasteiger partial charge in [-0.15, -0.1) is 0 Å². The summed E-state index contributed by atoms with van der Waals surface area (Å²) in [6.45, 7) is 3.20. The molecule has 1 aliphatic rings. The van der Waals surface area contributed by atoms with Gasteiger partial charge in [0, 0.05) is 31.2 Å². The summed E-state index contributed by atoms with van der Waals surface area (Å²) in [6.07, 6.45) is 0.651. The van der Waals surface area contributed by atoms with Gasteiger partial charge < -0.3 is 9.64 Å². The van der Waals surface area contributed by atoms with Gasteiger partial charge in [0.25, 0.3) is 0 Å². The van der Waals surface area contributed by atoms with Crippen molar-refractivity contribution in [3.8, 4) is 0 Å². The van der Waals surface area contributed by atoms with Crippen LogP contribution < -0.4 is 5.32 Å². The fraction of sp³-hybridized carbons (Fsp3) is 0.462. The van der Waals surface area contributed by atoms with Gasteiger partial charge in [-0.05, 0) is 24.1 Å². The maximum Gasteiger partial charge on any atom is 0.410 e. The number of hydrogen-bond donors (Lipinski definition) is 0. The molecule has 18 heavy (non-hydrogen) atoms. The van der Waals surface area contributed by atoms with E-state index >= 15 is 0 Å². The predicted molar refractivity (Wildman–Crippen MR) is 69.7 cm³/mol. The van der Waals surface area contributed by atoms with E-state index in [1.54, 1.807) is 17.0 Å². The summed E-state index contributed by atoms with van der Waals surface area (Å²) < 4.78 is 5.27. The monoisotopic (exact) mass is 267 g/mol. The topological polar surface area (TPSA) is 43.6 Å². The van der Waals surface area contributed by atoms with Gasteiger partial charge in [-0.3, -0.25) is 0 Å². The lowest BCUT2D eigenvalue weighted by atomic mass is 10.2. The molecule has 97 valence electrons. The van der Waals surface area contributed by atoms with Crippen LogP contribution in [0.5, 0.6) is 0 Å².